The van der Waals surface area contributed by atoms with Crippen LogP contribution in [0.2, 0.25) is 0 Å². The number of imidazole rings is 1. The highest BCUT2D eigenvalue weighted by Gasteiger charge is 2.40. The molecule has 2 unspecified atom stereocenters. The third-order valence-electron chi connectivity index (χ3n) is 4.14. The lowest BCUT2D eigenvalue weighted by atomic mass is 10.00. The normalized spacial score (nSPS) is 32.3. The van der Waals surface area contributed by atoms with Gasteiger partial charge >= 0.3 is 6.55 Å². The van der Waals surface area contributed by atoms with Crippen LogP contribution in [0.3, 0.4) is 0 Å². The Kier molecular flexibility index (Phi) is 3.07. The number of halogens is 2. The van der Waals surface area contributed by atoms with Gasteiger partial charge in [-0.3, -0.25) is 9.47 Å². The third kappa shape index (κ3) is 2.03. The number of aromatic nitrogens is 2. The van der Waals surface area contributed by atoms with Crippen molar-refractivity contribution in [3.05, 3.63) is 18.2 Å². The minimum absolute atomic E-state index is 0.228. The fourth-order valence-electron chi connectivity index (χ4n) is 3.31. The van der Waals surface area contributed by atoms with Crippen molar-refractivity contribution in [3.63, 3.8) is 0 Å². The molecule has 0 radical (unpaired) electrons. The molecule has 100 valence electrons. The quantitative estimate of drug-likeness (QED) is 0.897. The summed E-state index contributed by atoms with van der Waals surface area (Å²) in [6, 6.07) is 0.642. The molecule has 4 nitrogen and oxygen atoms in total. The summed E-state index contributed by atoms with van der Waals surface area (Å²) in [6.07, 6.45) is 6.13. The molecule has 3 rings (SSSR count). The Hall–Kier alpha value is -1.01. The van der Waals surface area contributed by atoms with Crippen molar-refractivity contribution >= 4 is 0 Å². The highest BCUT2D eigenvalue weighted by Crippen LogP contribution is 2.36. The summed E-state index contributed by atoms with van der Waals surface area (Å²) in [6.45, 7) is -2.07. The van der Waals surface area contributed by atoms with E-state index in [4.69, 9.17) is 0 Å². The Bertz CT molecular complexity index is 409. The molecular formula is C12H17F2N3O. The Labute approximate surface area is 104 Å². The standard InChI is InChI=1S/C12H17F2N3O/c13-12(14)16-4-3-15-11(16)7-17-8-1-2-9(17)6-10(18)5-8/h3-4,8-10,12,18H,1-2,5-7H2. The maximum atomic E-state index is 12.8. The van der Waals surface area contributed by atoms with Gasteiger partial charge in [0.1, 0.15) is 5.82 Å². The van der Waals surface area contributed by atoms with Crippen LogP contribution in [-0.2, 0) is 6.54 Å². The van der Waals surface area contributed by atoms with Crippen molar-refractivity contribution in [2.75, 3.05) is 0 Å². The Morgan fingerprint density at radius 2 is 2.00 bits per heavy atom. The summed E-state index contributed by atoms with van der Waals surface area (Å²) in [4.78, 5) is 6.26. The summed E-state index contributed by atoms with van der Waals surface area (Å²) in [5, 5.41) is 9.71. The van der Waals surface area contributed by atoms with Gasteiger partial charge in [-0.1, -0.05) is 0 Å². The molecule has 3 heterocycles. The molecule has 18 heavy (non-hydrogen) atoms. The van der Waals surface area contributed by atoms with Crippen molar-refractivity contribution in [2.45, 2.75) is 57.0 Å². The number of rotatable bonds is 3. The highest BCUT2D eigenvalue weighted by atomic mass is 19.3. The maximum absolute atomic E-state index is 12.8. The first-order chi connectivity index (χ1) is 8.65. The third-order valence-corrected chi connectivity index (χ3v) is 4.14. The summed E-state index contributed by atoms with van der Waals surface area (Å²) in [7, 11) is 0. The molecule has 0 spiro atoms. The van der Waals surface area contributed by atoms with Crippen LogP contribution < -0.4 is 0 Å². The molecule has 0 saturated carbocycles. The van der Waals surface area contributed by atoms with E-state index in [1.807, 2.05) is 0 Å². The lowest BCUT2D eigenvalue weighted by Gasteiger charge is -2.36. The number of aliphatic hydroxyl groups is 1. The molecule has 1 aromatic rings. The molecule has 2 fully saturated rings. The predicted octanol–water partition coefficient (Wildman–Crippen LogP) is 1.77. The first-order valence-corrected chi connectivity index (χ1v) is 6.39. The first-order valence-electron chi connectivity index (χ1n) is 6.39. The number of piperidine rings is 1. The summed E-state index contributed by atoms with van der Waals surface area (Å²) in [5.41, 5.74) is 0. The molecule has 2 bridgehead atoms. The van der Waals surface area contributed by atoms with Gasteiger partial charge < -0.3 is 5.11 Å². The maximum Gasteiger partial charge on any atom is 0.319 e. The van der Waals surface area contributed by atoms with E-state index in [0.29, 0.717) is 24.5 Å². The number of fused-ring (bicyclic) bond motifs is 2. The van der Waals surface area contributed by atoms with Crippen molar-refractivity contribution in [2.24, 2.45) is 0 Å². The molecule has 2 aliphatic heterocycles. The minimum atomic E-state index is -2.53. The molecule has 2 aliphatic rings. The molecule has 1 N–H and O–H groups in total. The van der Waals surface area contributed by atoms with E-state index in [0.717, 1.165) is 30.3 Å². The predicted molar refractivity (Wildman–Crippen MR) is 61.1 cm³/mol. The zero-order valence-electron chi connectivity index (χ0n) is 10.0. The lowest BCUT2D eigenvalue weighted by Crippen LogP contribution is -2.44. The Morgan fingerprint density at radius 3 is 2.61 bits per heavy atom. The molecule has 0 amide bonds. The van der Waals surface area contributed by atoms with Crippen molar-refractivity contribution in [3.8, 4) is 0 Å². The molecule has 6 heteroatoms. The lowest BCUT2D eigenvalue weighted by molar-refractivity contribution is 0.0227. The van der Waals surface area contributed by atoms with Gasteiger partial charge in [-0.15, -0.1) is 0 Å². The second-order valence-corrected chi connectivity index (χ2v) is 5.21. The van der Waals surface area contributed by atoms with Gasteiger partial charge in [0.25, 0.3) is 0 Å². The number of alkyl halides is 2. The summed E-state index contributed by atoms with van der Waals surface area (Å²) in [5.74, 6) is 0.415. The van der Waals surface area contributed by atoms with Crippen LogP contribution in [0.4, 0.5) is 8.78 Å². The van der Waals surface area contributed by atoms with E-state index in [2.05, 4.69) is 9.88 Å². The molecule has 0 aliphatic carbocycles. The monoisotopic (exact) mass is 257 g/mol. The molecule has 2 saturated heterocycles. The van der Waals surface area contributed by atoms with Crippen LogP contribution in [0, 0.1) is 0 Å². The van der Waals surface area contributed by atoms with Gasteiger partial charge in [-0.05, 0) is 25.7 Å². The van der Waals surface area contributed by atoms with Gasteiger partial charge in [0, 0.05) is 24.5 Å². The van der Waals surface area contributed by atoms with Crippen LogP contribution >= 0.6 is 0 Å². The average Bonchev–Trinajstić information content (AvgIpc) is 2.85. The molecule has 2 atom stereocenters. The van der Waals surface area contributed by atoms with Crippen LogP contribution in [0.25, 0.3) is 0 Å². The van der Waals surface area contributed by atoms with Crippen molar-refractivity contribution < 1.29 is 13.9 Å². The van der Waals surface area contributed by atoms with Gasteiger partial charge in [0.05, 0.1) is 12.6 Å². The van der Waals surface area contributed by atoms with Crippen LogP contribution in [-0.4, -0.2) is 37.7 Å². The fourth-order valence-corrected chi connectivity index (χ4v) is 3.31. The Morgan fingerprint density at radius 1 is 1.33 bits per heavy atom. The van der Waals surface area contributed by atoms with E-state index >= 15 is 0 Å². The van der Waals surface area contributed by atoms with Crippen LogP contribution in [0.15, 0.2) is 12.4 Å². The van der Waals surface area contributed by atoms with Crippen molar-refractivity contribution in [1.29, 1.82) is 0 Å². The molecular weight excluding hydrogens is 240 g/mol. The number of hydrogen-bond acceptors (Lipinski definition) is 3. The van der Waals surface area contributed by atoms with Gasteiger partial charge in [0.15, 0.2) is 0 Å². The second kappa shape index (κ2) is 4.59. The highest BCUT2D eigenvalue weighted by molar-refractivity contribution is 5.00. The van der Waals surface area contributed by atoms with Crippen LogP contribution in [0.1, 0.15) is 38.1 Å². The van der Waals surface area contributed by atoms with Crippen LogP contribution in [0.5, 0.6) is 0 Å². The van der Waals surface area contributed by atoms with E-state index in [9.17, 15) is 13.9 Å². The number of aliphatic hydroxyl groups excluding tert-OH is 1. The summed E-state index contributed by atoms with van der Waals surface area (Å²) >= 11 is 0. The van der Waals surface area contributed by atoms with E-state index in [1.54, 1.807) is 0 Å². The first kappa shape index (κ1) is 12.0. The topological polar surface area (TPSA) is 41.3 Å². The van der Waals surface area contributed by atoms with Gasteiger partial charge in [-0.25, -0.2) is 4.98 Å². The fraction of sp³-hybridized carbons (Fsp3) is 0.750. The molecule has 1 aromatic heterocycles. The average molecular weight is 257 g/mol. The van der Waals surface area contributed by atoms with E-state index < -0.39 is 6.55 Å². The molecule has 0 aromatic carbocycles. The SMILES string of the molecule is OC1CC2CCC(C1)N2Cc1nccn1C(F)F. The Balaban J connectivity index is 1.75. The largest absolute Gasteiger partial charge is 0.393 e. The number of nitrogens with zero attached hydrogens (tertiary/aromatic N) is 3. The summed E-state index contributed by atoms with van der Waals surface area (Å²) < 4.78 is 26.4. The van der Waals surface area contributed by atoms with Crippen molar-refractivity contribution in [1.82, 2.24) is 14.5 Å². The van der Waals surface area contributed by atoms with Gasteiger partial charge in [-0.2, -0.15) is 8.78 Å². The number of hydrogen-bond donors (Lipinski definition) is 1. The second-order valence-electron chi connectivity index (χ2n) is 5.21. The smallest absolute Gasteiger partial charge is 0.319 e. The van der Waals surface area contributed by atoms with E-state index in [1.165, 1.54) is 12.4 Å². The van der Waals surface area contributed by atoms with Gasteiger partial charge in [0.2, 0.25) is 0 Å². The van der Waals surface area contributed by atoms with E-state index in [-0.39, 0.29) is 6.10 Å². The minimum Gasteiger partial charge on any atom is -0.393 e. The zero-order chi connectivity index (χ0) is 12.7. The zero-order valence-corrected chi connectivity index (χ0v) is 10.0.